The summed E-state index contributed by atoms with van der Waals surface area (Å²) in [5, 5.41) is 4.87. The molecule has 5 nitrogen and oxygen atoms in total. The molecule has 76 valence electrons. The number of carbonyl (C=O) groups is 2. The molecule has 1 aliphatic rings. The van der Waals surface area contributed by atoms with Crippen LogP contribution in [0, 0.1) is 12.3 Å². The van der Waals surface area contributed by atoms with Gasteiger partial charge < -0.3 is 15.4 Å². The zero-order chi connectivity index (χ0) is 10.6. The number of terminal acetylenes is 1. The van der Waals surface area contributed by atoms with Crippen LogP contribution in [0.1, 0.15) is 6.92 Å². The van der Waals surface area contributed by atoms with Crippen LogP contribution in [0.3, 0.4) is 0 Å². The Morgan fingerprint density at radius 2 is 2.14 bits per heavy atom. The maximum absolute atomic E-state index is 11.1. The molecule has 0 saturated carbocycles. The van der Waals surface area contributed by atoms with Gasteiger partial charge in [0.1, 0.15) is 0 Å². The number of epoxide rings is 1. The second-order valence-corrected chi connectivity index (χ2v) is 2.96. The van der Waals surface area contributed by atoms with Crippen LogP contribution in [0.2, 0.25) is 0 Å². The molecular formula is C9H12N2O3. The fraction of sp³-hybridized carbons (Fsp3) is 0.556. The monoisotopic (exact) mass is 196 g/mol. The van der Waals surface area contributed by atoms with Gasteiger partial charge in [-0.1, -0.05) is 5.92 Å². The Bertz CT molecular complexity index is 282. The van der Waals surface area contributed by atoms with Gasteiger partial charge in [0.2, 0.25) is 5.91 Å². The van der Waals surface area contributed by atoms with E-state index in [0.29, 0.717) is 0 Å². The number of amides is 2. The van der Waals surface area contributed by atoms with Gasteiger partial charge in [-0.25, -0.2) is 0 Å². The lowest BCUT2D eigenvalue weighted by Crippen LogP contribution is -2.39. The molecule has 0 aromatic carbocycles. The molecule has 2 atom stereocenters. The van der Waals surface area contributed by atoms with Crippen LogP contribution in [-0.4, -0.2) is 37.1 Å². The van der Waals surface area contributed by atoms with Crippen molar-refractivity contribution in [1.29, 1.82) is 0 Å². The minimum atomic E-state index is -0.393. The van der Waals surface area contributed by atoms with Gasteiger partial charge in [0.25, 0.3) is 5.91 Å². The largest absolute Gasteiger partial charge is 0.359 e. The van der Waals surface area contributed by atoms with Crippen molar-refractivity contribution < 1.29 is 14.3 Å². The highest BCUT2D eigenvalue weighted by Gasteiger charge is 2.40. The maximum Gasteiger partial charge on any atom is 0.252 e. The summed E-state index contributed by atoms with van der Waals surface area (Å²) in [5.74, 6) is 1.70. The van der Waals surface area contributed by atoms with Crippen molar-refractivity contribution >= 4 is 11.8 Å². The molecule has 1 rings (SSSR count). The van der Waals surface area contributed by atoms with Gasteiger partial charge in [0.05, 0.1) is 19.2 Å². The predicted molar refractivity (Wildman–Crippen MR) is 49.2 cm³/mol. The van der Waals surface area contributed by atoms with Crippen LogP contribution in [-0.2, 0) is 14.3 Å². The van der Waals surface area contributed by atoms with Crippen molar-refractivity contribution in [1.82, 2.24) is 10.6 Å². The summed E-state index contributed by atoms with van der Waals surface area (Å²) in [6.45, 7) is 1.90. The third-order valence-electron chi connectivity index (χ3n) is 1.78. The number of nitrogens with one attached hydrogen (secondary N) is 2. The molecule has 0 aromatic heterocycles. The van der Waals surface area contributed by atoms with E-state index < -0.39 is 6.10 Å². The number of hydrogen-bond acceptors (Lipinski definition) is 3. The molecule has 1 fully saturated rings. The number of hydrogen-bond donors (Lipinski definition) is 2. The average Bonchev–Trinajstić information content (AvgIpc) is 2.88. The molecule has 0 bridgehead atoms. The summed E-state index contributed by atoms with van der Waals surface area (Å²) in [6.07, 6.45) is 4.51. The standard InChI is InChI=1S/C9H12N2O3/c1-3-4-10-7(12)5-11-9(13)8-6(2)14-8/h1,6,8H,4-5H2,2H3,(H,10,12)(H,11,13)/t6-,8+/m1/s1. The summed E-state index contributed by atoms with van der Waals surface area (Å²) in [7, 11) is 0. The Kier molecular flexibility index (Phi) is 3.48. The first-order valence-corrected chi connectivity index (χ1v) is 4.28. The molecule has 0 radical (unpaired) electrons. The SMILES string of the molecule is C#CCNC(=O)CNC(=O)[C@H]1O[C@@H]1C. The summed E-state index contributed by atoms with van der Waals surface area (Å²) in [5.41, 5.74) is 0. The van der Waals surface area contributed by atoms with Crippen molar-refractivity contribution in [3.63, 3.8) is 0 Å². The molecule has 5 heteroatoms. The third-order valence-corrected chi connectivity index (χ3v) is 1.78. The van der Waals surface area contributed by atoms with E-state index in [2.05, 4.69) is 16.6 Å². The topological polar surface area (TPSA) is 70.7 Å². The van der Waals surface area contributed by atoms with E-state index in [1.807, 2.05) is 0 Å². The molecule has 0 aliphatic carbocycles. The molecule has 0 aromatic rings. The molecule has 1 aliphatic heterocycles. The summed E-state index contributed by atoms with van der Waals surface area (Å²) in [6, 6.07) is 0. The van der Waals surface area contributed by atoms with E-state index >= 15 is 0 Å². The minimum Gasteiger partial charge on any atom is -0.359 e. The number of rotatable bonds is 4. The van der Waals surface area contributed by atoms with Gasteiger partial charge in [0.15, 0.2) is 6.10 Å². The van der Waals surface area contributed by atoms with E-state index in [1.165, 1.54) is 0 Å². The van der Waals surface area contributed by atoms with Gasteiger partial charge in [-0.15, -0.1) is 6.42 Å². The van der Waals surface area contributed by atoms with Crippen molar-refractivity contribution in [2.75, 3.05) is 13.1 Å². The van der Waals surface area contributed by atoms with Gasteiger partial charge in [-0.2, -0.15) is 0 Å². The fourth-order valence-electron chi connectivity index (χ4n) is 0.941. The van der Waals surface area contributed by atoms with E-state index in [9.17, 15) is 9.59 Å². The van der Waals surface area contributed by atoms with Crippen LogP contribution in [0.4, 0.5) is 0 Å². The summed E-state index contributed by atoms with van der Waals surface area (Å²) < 4.78 is 4.92. The molecule has 14 heavy (non-hydrogen) atoms. The first-order valence-electron chi connectivity index (χ1n) is 4.28. The summed E-state index contributed by atoms with van der Waals surface area (Å²) in [4.78, 5) is 22.1. The quantitative estimate of drug-likeness (QED) is 0.431. The van der Waals surface area contributed by atoms with E-state index in [1.54, 1.807) is 6.92 Å². The van der Waals surface area contributed by atoms with E-state index in [4.69, 9.17) is 11.2 Å². The average molecular weight is 196 g/mol. The number of ether oxygens (including phenoxy) is 1. The Morgan fingerprint density at radius 1 is 1.50 bits per heavy atom. The Labute approximate surface area is 82.2 Å². The third kappa shape index (κ3) is 3.07. The molecule has 1 heterocycles. The van der Waals surface area contributed by atoms with Crippen molar-refractivity contribution in [2.24, 2.45) is 0 Å². The Balaban J connectivity index is 2.11. The molecular weight excluding hydrogens is 184 g/mol. The zero-order valence-electron chi connectivity index (χ0n) is 7.87. The van der Waals surface area contributed by atoms with Crippen LogP contribution in [0.5, 0.6) is 0 Å². The van der Waals surface area contributed by atoms with Crippen molar-refractivity contribution in [3.8, 4) is 12.3 Å². The zero-order valence-corrected chi connectivity index (χ0v) is 7.87. The Morgan fingerprint density at radius 3 is 2.64 bits per heavy atom. The lowest BCUT2D eigenvalue weighted by Gasteiger charge is -2.02. The first-order chi connectivity index (χ1) is 6.65. The van der Waals surface area contributed by atoms with Gasteiger partial charge in [0, 0.05) is 0 Å². The molecule has 0 spiro atoms. The van der Waals surface area contributed by atoms with Crippen LogP contribution in [0.25, 0.3) is 0 Å². The minimum absolute atomic E-state index is 0.0382. The molecule has 2 amide bonds. The van der Waals surface area contributed by atoms with Crippen LogP contribution in [0.15, 0.2) is 0 Å². The summed E-state index contributed by atoms with van der Waals surface area (Å²) >= 11 is 0. The normalized spacial score (nSPS) is 23.4. The maximum atomic E-state index is 11.1. The number of carbonyl (C=O) groups excluding carboxylic acids is 2. The van der Waals surface area contributed by atoms with Crippen LogP contribution >= 0.6 is 0 Å². The highest BCUT2D eigenvalue weighted by molar-refractivity contribution is 5.88. The van der Waals surface area contributed by atoms with Crippen LogP contribution < -0.4 is 10.6 Å². The highest BCUT2D eigenvalue weighted by Crippen LogP contribution is 2.20. The van der Waals surface area contributed by atoms with Gasteiger partial charge >= 0.3 is 0 Å². The van der Waals surface area contributed by atoms with E-state index in [0.717, 1.165) is 0 Å². The fourth-order valence-corrected chi connectivity index (χ4v) is 0.941. The molecule has 0 unspecified atom stereocenters. The van der Waals surface area contributed by atoms with E-state index in [-0.39, 0.29) is 31.0 Å². The van der Waals surface area contributed by atoms with Crippen molar-refractivity contribution in [3.05, 3.63) is 0 Å². The van der Waals surface area contributed by atoms with Gasteiger partial charge in [-0.3, -0.25) is 9.59 Å². The van der Waals surface area contributed by atoms with Crippen molar-refractivity contribution in [2.45, 2.75) is 19.1 Å². The molecule has 1 saturated heterocycles. The highest BCUT2D eigenvalue weighted by atomic mass is 16.6. The first kappa shape index (κ1) is 10.5. The van der Waals surface area contributed by atoms with Gasteiger partial charge in [-0.05, 0) is 6.92 Å². The smallest absolute Gasteiger partial charge is 0.252 e. The lowest BCUT2D eigenvalue weighted by molar-refractivity contribution is -0.126. The predicted octanol–water partition coefficient (Wildman–Crippen LogP) is -1.36. The second-order valence-electron chi connectivity index (χ2n) is 2.96. The molecule has 2 N–H and O–H groups in total. The second kappa shape index (κ2) is 4.63. The Hall–Kier alpha value is -1.54. The lowest BCUT2D eigenvalue weighted by atomic mass is 10.3.